The first kappa shape index (κ1) is 14.1. The molecule has 0 aliphatic heterocycles. The fourth-order valence-corrected chi connectivity index (χ4v) is 2.22. The zero-order valence-electron chi connectivity index (χ0n) is 12.5. The van der Waals surface area contributed by atoms with E-state index in [0.29, 0.717) is 5.69 Å². The second-order valence-corrected chi connectivity index (χ2v) is 5.08. The molecule has 0 aliphatic carbocycles. The Morgan fingerprint density at radius 1 is 1.09 bits per heavy atom. The van der Waals surface area contributed by atoms with Gasteiger partial charge in [-0.15, -0.1) is 0 Å². The predicted molar refractivity (Wildman–Crippen MR) is 89.0 cm³/mol. The summed E-state index contributed by atoms with van der Waals surface area (Å²) >= 11 is 0. The number of rotatable bonds is 3. The summed E-state index contributed by atoms with van der Waals surface area (Å²) in [6.07, 6.45) is 3.58. The third kappa shape index (κ3) is 2.91. The van der Waals surface area contributed by atoms with E-state index in [9.17, 15) is 4.79 Å². The number of benzene rings is 2. The Kier molecular flexibility index (Phi) is 3.74. The molecule has 0 atom stereocenters. The van der Waals surface area contributed by atoms with Crippen LogP contribution in [0.4, 0.5) is 0 Å². The lowest BCUT2D eigenvalue weighted by atomic mass is 10.2. The number of methoxy groups -OCH3 is 1. The topological polar surface area (TPSA) is 55.0 Å². The first-order valence-electron chi connectivity index (χ1n) is 6.98. The summed E-state index contributed by atoms with van der Waals surface area (Å²) < 4.78 is 5.12. The molecule has 110 valence electrons. The number of aryl methyl sites for hydroxylation is 1. The van der Waals surface area contributed by atoms with E-state index in [2.05, 4.69) is 9.97 Å². The van der Waals surface area contributed by atoms with Crippen LogP contribution < -0.4 is 10.3 Å². The molecule has 0 spiro atoms. The van der Waals surface area contributed by atoms with Crippen LogP contribution in [0.1, 0.15) is 16.8 Å². The lowest BCUT2D eigenvalue weighted by molar-refractivity contribution is 0.415. The lowest BCUT2D eigenvalue weighted by Crippen LogP contribution is -2.11. The second-order valence-electron chi connectivity index (χ2n) is 5.08. The summed E-state index contributed by atoms with van der Waals surface area (Å²) in [6, 6.07) is 13.4. The molecule has 0 fully saturated rings. The molecular formula is C18H16N2O2. The van der Waals surface area contributed by atoms with Crippen molar-refractivity contribution in [3.8, 4) is 5.75 Å². The Balaban J connectivity index is 1.95. The lowest BCUT2D eigenvalue weighted by Gasteiger charge is -2.01. The molecule has 0 saturated carbocycles. The number of ether oxygens (including phenoxy) is 1. The Hall–Kier alpha value is -2.88. The van der Waals surface area contributed by atoms with E-state index in [-0.39, 0.29) is 5.56 Å². The van der Waals surface area contributed by atoms with Gasteiger partial charge in [0.2, 0.25) is 0 Å². The summed E-state index contributed by atoms with van der Waals surface area (Å²) in [5, 5.41) is 0. The highest BCUT2D eigenvalue weighted by molar-refractivity contribution is 5.77. The quantitative estimate of drug-likeness (QED) is 0.805. The highest BCUT2D eigenvalue weighted by Crippen LogP contribution is 2.14. The molecule has 1 N–H and O–H groups in total. The fraction of sp³-hybridized carbons (Fsp3) is 0.111. The highest BCUT2D eigenvalue weighted by Gasteiger charge is 2.02. The summed E-state index contributed by atoms with van der Waals surface area (Å²) in [6.45, 7) is 1.98. The van der Waals surface area contributed by atoms with Gasteiger partial charge in [0.1, 0.15) is 11.4 Å². The number of aromatic nitrogens is 2. The number of fused-ring (bicyclic) bond motifs is 1. The predicted octanol–water partition coefficient (Wildman–Crippen LogP) is 3.41. The normalized spacial score (nSPS) is 11.2. The molecule has 3 rings (SSSR count). The summed E-state index contributed by atoms with van der Waals surface area (Å²) in [5.74, 6) is 0.800. The van der Waals surface area contributed by atoms with Crippen LogP contribution in [0.25, 0.3) is 23.2 Å². The molecule has 4 nitrogen and oxygen atoms in total. The molecule has 0 bridgehead atoms. The van der Waals surface area contributed by atoms with Crippen molar-refractivity contribution in [2.75, 3.05) is 7.11 Å². The molecule has 0 radical (unpaired) electrons. The standard InChI is InChI=1S/C18H16N2O2/c1-12-3-9-15-17(11-12)20-18(21)16(19-15)10-6-13-4-7-14(22-2)8-5-13/h3-11H,1-2H3,(H,20,21)/b10-6+. The zero-order chi connectivity index (χ0) is 15.5. The molecule has 4 heteroatoms. The number of H-pyrrole nitrogens is 1. The molecule has 2 aromatic carbocycles. The van der Waals surface area contributed by atoms with Gasteiger partial charge >= 0.3 is 0 Å². The van der Waals surface area contributed by atoms with Gasteiger partial charge in [-0.25, -0.2) is 4.98 Å². The van der Waals surface area contributed by atoms with E-state index in [0.717, 1.165) is 27.9 Å². The molecule has 0 aliphatic rings. The zero-order valence-corrected chi connectivity index (χ0v) is 12.5. The maximum absolute atomic E-state index is 12.1. The fourth-order valence-electron chi connectivity index (χ4n) is 2.22. The van der Waals surface area contributed by atoms with Gasteiger partial charge in [0.25, 0.3) is 5.56 Å². The first-order valence-corrected chi connectivity index (χ1v) is 6.98. The van der Waals surface area contributed by atoms with Gasteiger partial charge < -0.3 is 9.72 Å². The Bertz CT molecular complexity index is 893. The largest absolute Gasteiger partial charge is 0.497 e. The third-order valence-corrected chi connectivity index (χ3v) is 3.42. The van der Waals surface area contributed by atoms with Crippen LogP contribution in [0, 0.1) is 6.92 Å². The molecule has 0 unspecified atom stereocenters. The summed E-state index contributed by atoms with van der Waals surface area (Å²) in [7, 11) is 1.63. The molecule has 0 saturated heterocycles. The monoisotopic (exact) mass is 292 g/mol. The van der Waals surface area contributed by atoms with E-state index in [1.54, 1.807) is 13.2 Å². The van der Waals surface area contributed by atoms with Crippen molar-refractivity contribution < 1.29 is 4.74 Å². The number of hydrogen-bond acceptors (Lipinski definition) is 3. The van der Waals surface area contributed by atoms with Gasteiger partial charge in [-0.05, 0) is 48.4 Å². The number of nitrogens with one attached hydrogen (secondary N) is 1. The van der Waals surface area contributed by atoms with E-state index < -0.39 is 0 Å². The van der Waals surface area contributed by atoms with Gasteiger partial charge in [-0.3, -0.25) is 4.79 Å². The molecule has 22 heavy (non-hydrogen) atoms. The van der Waals surface area contributed by atoms with Gasteiger partial charge in [0, 0.05) is 0 Å². The summed E-state index contributed by atoms with van der Waals surface area (Å²) in [5.41, 5.74) is 3.80. The van der Waals surface area contributed by atoms with Crippen LogP contribution in [0.15, 0.2) is 47.3 Å². The maximum Gasteiger partial charge on any atom is 0.274 e. The van der Waals surface area contributed by atoms with Crippen LogP contribution in [0.3, 0.4) is 0 Å². The summed E-state index contributed by atoms with van der Waals surface area (Å²) in [4.78, 5) is 19.4. The Morgan fingerprint density at radius 3 is 2.59 bits per heavy atom. The molecule has 0 amide bonds. The van der Waals surface area contributed by atoms with E-state index >= 15 is 0 Å². The van der Waals surface area contributed by atoms with Crippen LogP contribution in [-0.4, -0.2) is 17.1 Å². The van der Waals surface area contributed by atoms with Crippen molar-refractivity contribution in [2.45, 2.75) is 6.92 Å². The average Bonchev–Trinajstić information content (AvgIpc) is 2.53. The van der Waals surface area contributed by atoms with E-state index in [1.165, 1.54) is 0 Å². The van der Waals surface area contributed by atoms with Gasteiger partial charge in [-0.2, -0.15) is 0 Å². The van der Waals surface area contributed by atoms with E-state index in [1.807, 2.05) is 55.5 Å². The van der Waals surface area contributed by atoms with Crippen LogP contribution in [0.2, 0.25) is 0 Å². The minimum absolute atomic E-state index is 0.192. The second kappa shape index (κ2) is 5.85. The van der Waals surface area contributed by atoms with Crippen molar-refractivity contribution in [3.05, 3.63) is 69.6 Å². The van der Waals surface area contributed by atoms with Gasteiger partial charge in [0.05, 0.1) is 18.1 Å². The Labute approximate surface area is 128 Å². The smallest absolute Gasteiger partial charge is 0.274 e. The van der Waals surface area contributed by atoms with Crippen molar-refractivity contribution in [1.29, 1.82) is 0 Å². The average molecular weight is 292 g/mol. The highest BCUT2D eigenvalue weighted by atomic mass is 16.5. The first-order chi connectivity index (χ1) is 10.7. The minimum Gasteiger partial charge on any atom is -0.497 e. The van der Waals surface area contributed by atoms with E-state index in [4.69, 9.17) is 4.74 Å². The Morgan fingerprint density at radius 2 is 1.86 bits per heavy atom. The third-order valence-electron chi connectivity index (χ3n) is 3.42. The van der Waals surface area contributed by atoms with Gasteiger partial charge in [-0.1, -0.05) is 24.3 Å². The molecule has 1 heterocycles. The molecular weight excluding hydrogens is 276 g/mol. The SMILES string of the molecule is COc1ccc(/C=C/c2nc3ccc(C)cc3[nH]c2=O)cc1. The van der Waals surface area contributed by atoms with Crippen LogP contribution >= 0.6 is 0 Å². The number of aromatic amines is 1. The van der Waals surface area contributed by atoms with Crippen molar-refractivity contribution in [3.63, 3.8) is 0 Å². The minimum atomic E-state index is -0.192. The van der Waals surface area contributed by atoms with Crippen molar-refractivity contribution in [2.24, 2.45) is 0 Å². The van der Waals surface area contributed by atoms with Crippen molar-refractivity contribution in [1.82, 2.24) is 9.97 Å². The van der Waals surface area contributed by atoms with Crippen LogP contribution in [0.5, 0.6) is 5.75 Å². The van der Waals surface area contributed by atoms with Crippen LogP contribution in [-0.2, 0) is 0 Å². The molecule has 1 aromatic heterocycles. The van der Waals surface area contributed by atoms with Crippen molar-refractivity contribution >= 4 is 23.2 Å². The van der Waals surface area contributed by atoms with Gasteiger partial charge in [0.15, 0.2) is 0 Å². The number of nitrogens with zero attached hydrogens (tertiary/aromatic N) is 1. The number of hydrogen-bond donors (Lipinski definition) is 1. The maximum atomic E-state index is 12.1. The molecule has 3 aromatic rings.